The molecule has 1 aromatic rings. The quantitative estimate of drug-likeness (QED) is 0.847. The van der Waals surface area contributed by atoms with E-state index >= 15 is 0 Å². The van der Waals surface area contributed by atoms with E-state index in [0.717, 1.165) is 13.0 Å². The van der Waals surface area contributed by atoms with Crippen molar-refractivity contribution in [3.63, 3.8) is 0 Å². The van der Waals surface area contributed by atoms with Gasteiger partial charge in [0.05, 0.1) is 12.2 Å². The second kappa shape index (κ2) is 6.89. The first-order valence-electron chi connectivity index (χ1n) is 8.37. The Morgan fingerprint density at radius 1 is 1.19 bits per heavy atom. The molecule has 1 N–H and O–H groups in total. The molecule has 2 saturated carbocycles. The first-order chi connectivity index (χ1) is 10.2. The third-order valence-corrected chi connectivity index (χ3v) is 4.79. The van der Waals surface area contributed by atoms with E-state index in [0.29, 0.717) is 17.5 Å². The van der Waals surface area contributed by atoms with Crippen molar-refractivity contribution in [2.75, 3.05) is 6.54 Å². The number of benzene rings is 1. The van der Waals surface area contributed by atoms with E-state index in [1.165, 1.54) is 38.2 Å². The Kier molecular flexibility index (Phi) is 4.91. The molecule has 3 heteroatoms. The lowest BCUT2D eigenvalue weighted by Crippen LogP contribution is -2.32. The lowest BCUT2D eigenvalue weighted by molar-refractivity contribution is -0.0577. The zero-order valence-corrected chi connectivity index (χ0v) is 12.9. The zero-order chi connectivity index (χ0) is 14.7. The van der Waals surface area contributed by atoms with Crippen molar-refractivity contribution in [2.45, 2.75) is 63.7 Å². The van der Waals surface area contributed by atoms with Crippen LogP contribution in [0, 0.1) is 11.7 Å². The monoisotopic (exact) mass is 291 g/mol. The maximum atomic E-state index is 14.1. The summed E-state index contributed by atoms with van der Waals surface area (Å²) >= 11 is 0. The normalized spacial score (nSPS) is 27.5. The van der Waals surface area contributed by atoms with E-state index in [1.807, 2.05) is 12.1 Å². The van der Waals surface area contributed by atoms with Gasteiger partial charge in [0.25, 0.3) is 0 Å². The lowest BCUT2D eigenvalue weighted by Gasteiger charge is -2.33. The summed E-state index contributed by atoms with van der Waals surface area (Å²) in [5.74, 6) is 0.428. The van der Waals surface area contributed by atoms with Gasteiger partial charge in [-0.3, -0.25) is 0 Å². The molecule has 2 aliphatic rings. The van der Waals surface area contributed by atoms with E-state index in [-0.39, 0.29) is 18.0 Å². The highest BCUT2D eigenvalue weighted by atomic mass is 19.1. The predicted octanol–water partition coefficient (Wildman–Crippen LogP) is 4.21. The van der Waals surface area contributed by atoms with Crippen LogP contribution in [0.3, 0.4) is 0 Å². The fourth-order valence-corrected chi connectivity index (χ4v) is 3.22. The molecule has 2 nitrogen and oxygen atoms in total. The summed E-state index contributed by atoms with van der Waals surface area (Å²) in [6, 6.07) is 7.66. The summed E-state index contributed by atoms with van der Waals surface area (Å²) in [5.41, 5.74) is 0.698. The minimum atomic E-state index is -0.169. The molecule has 116 valence electrons. The summed E-state index contributed by atoms with van der Waals surface area (Å²) in [5, 5.41) is 3.50. The largest absolute Gasteiger partial charge is 0.369 e. The second-order valence-corrected chi connectivity index (χ2v) is 6.63. The first-order valence-corrected chi connectivity index (χ1v) is 8.37. The van der Waals surface area contributed by atoms with Gasteiger partial charge in [-0.15, -0.1) is 0 Å². The molecule has 0 bridgehead atoms. The molecule has 3 atom stereocenters. The van der Waals surface area contributed by atoms with E-state index in [9.17, 15) is 4.39 Å². The van der Waals surface area contributed by atoms with Crippen LogP contribution in [0.1, 0.15) is 57.1 Å². The van der Waals surface area contributed by atoms with Crippen molar-refractivity contribution < 1.29 is 9.13 Å². The van der Waals surface area contributed by atoms with Crippen LogP contribution >= 0.6 is 0 Å². The van der Waals surface area contributed by atoms with Gasteiger partial charge in [-0.2, -0.15) is 0 Å². The van der Waals surface area contributed by atoms with Gasteiger partial charge in [-0.1, -0.05) is 38.0 Å². The van der Waals surface area contributed by atoms with Crippen molar-refractivity contribution in [2.24, 2.45) is 5.92 Å². The van der Waals surface area contributed by atoms with Crippen molar-refractivity contribution in [3.8, 4) is 0 Å². The van der Waals surface area contributed by atoms with E-state index in [4.69, 9.17) is 4.74 Å². The van der Waals surface area contributed by atoms with Crippen LogP contribution in [0.4, 0.5) is 4.39 Å². The third kappa shape index (κ3) is 4.04. The van der Waals surface area contributed by atoms with Gasteiger partial charge in [-0.25, -0.2) is 4.39 Å². The molecule has 2 fully saturated rings. The Balaban J connectivity index is 1.70. The highest BCUT2D eigenvalue weighted by molar-refractivity contribution is 5.20. The van der Waals surface area contributed by atoms with Crippen molar-refractivity contribution >= 4 is 0 Å². The molecule has 3 rings (SSSR count). The average Bonchev–Trinajstić information content (AvgIpc) is 3.30. The molecule has 0 saturated heterocycles. The van der Waals surface area contributed by atoms with Crippen molar-refractivity contribution in [3.05, 3.63) is 35.6 Å². The topological polar surface area (TPSA) is 21.3 Å². The fraction of sp³-hybridized carbons (Fsp3) is 0.667. The van der Waals surface area contributed by atoms with Gasteiger partial charge in [0.2, 0.25) is 0 Å². The molecule has 0 radical (unpaired) electrons. The Morgan fingerprint density at radius 2 is 1.95 bits per heavy atom. The highest BCUT2D eigenvalue weighted by Crippen LogP contribution is 2.32. The number of rotatable bonds is 6. The standard InChI is InChI=1S/C18H26FNO/c1-13-6-2-5-9-17(13)21-18(12-20-14-10-11-14)15-7-3-4-8-16(15)19/h3-4,7-8,13-14,17-18,20H,2,5-6,9-12H2,1H3. The molecule has 0 aromatic heterocycles. The summed E-state index contributed by atoms with van der Waals surface area (Å²) in [7, 11) is 0. The maximum Gasteiger partial charge on any atom is 0.129 e. The molecule has 0 spiro atoms. The van der Waals surface area contributed by atoms with E-state index < -0.39 is 0 Å². The molecule has 1 aromatic carbocycles. The number of hydrogen-bond acceptors (Lipinski definition) is 2. The van der Waals surface area contributed by atoms with Gasteiger partial charge < -0.3 is 10.1 Å². The molecule has 0 amide bonds. The van der Waals surface area contributed by atoms with Crippen LogP contribution in [-0.2, 0) is 4.74 Å². The van der Waals surface area contributed by atoms with Gasteiger partial charge in [-0.05, 0) is 37.7 Å². The first kappa shape index (κ1) is 15.0. The molecule has 2 aliphatic carbocycles. The third-order valence-electron chi connectivity index (χ3n) is 4.79. The van der Waals surface area contributed by atoms with E-state index in [1.54, 1.807) is 6.07 Å². The number of nitrogens with one attached hydrogen (secondary N) is 1. The highest BCUT2D eigenvalue weighted by Gasteiger charge is 2.29. The van der Waals surface area contributed by atoms with Crippen LogP contribution in [-0.4, -0.2) is 18.7 Å². The average molecular weight is 291 g/mol. The molecule has 0 aliphatic heterocycles. The van der Waals surface area contributed by atoms with Gasteiger partial charge in [0, 0.05) is 18.2 Å². The zero-order valence-electron chi connectivity index (χ0n) is 12.9. The summed E-state index contributed by atoms with van der Waals surface area (Å²) in [4.78, 5) is 0. The Hall–Kier alpha value is -0.930. The van der Waals surface area contributed by atoms with Gasteiger partial charge in [0.15, 0.2) is 0 Å². The number of hydrogen-bond donors (Lipinski definition) is 1. The van der Waals surface area contributed by atoms with Crippen LogP contribution in [0.25, 0.3) is 0 Å². The van der Waals surface area contributed by atoms with Crippen molar-refractivity contribution in [1.29, 1.82) is 0 Å². The van der Waals surface area contributed by atoms with Crippen LogP contribution in [0.5, 0.6) is 0 Å². The van der Waals surface area contributed by atoms with Crippen molar-refractivity contribution in [1.82, 2.24) is 5.32 Å². The minimum absolute atomic E-state index is 0.149. The predicted molar refractivity (Wildman–Crippen MR) is 82.7 cm³/mol. The van der Waals surface area contributed by atoms with Gasteiger partial charge >= 0.3 is 0 Å². The summed E-state index contributed by atoms with van der Waals surface area (Å²) in [6.07, 6.45) is 7.44. The molecular formula is C18H26FNO. The lowest BCUT2D eigenvalue weighted by atomic mass is 9.87. The smallest absolute Gasteiger partial charge is 0.129 e. The number of ether oxygens (including phenoxy) is 1. The Bertz CT molecular complexity index is 460. The van der Waals surface area contributed by atoms with Crippen LogP contribution in [0.15, 0.2) is 24.3 Å². The molecule has 3 unspecified atom stereocenters. The summed E-state index contributed by atoms with van der Waals surface area (Å²) in [6.45, 7) is 2.98. The molecular weight excluding hydrogens is 265 g/mol. The fourth-order valence-electron chi connectivity index (χ4n) is 3.22. The minimum Gasteiger partial charge on any atom is -0.369 e. The molecule has 0 heterocycles. The van der Waals surface area contributed by atoms with E-state index in [2.05, 4.69) is 12.2 Å². The van der Waals surface area contributed by atoms with Gasteiger partial charge in [0.1, 0.15) is 5.82 Å². The van der Waals surface area contributed by atoms with Crippen LogP contribution < -0.4 is 5.32 Å². The molecule has 21 heavy (non-hydrogen) atoms. The maximum absolute atomic E-state index is 14.1. The Morgan fingerprint density at radius 3 is 2.67 bits per heavy atom. The summed E-state index contributed by atoms with van der Waals surface area (Å²) < 4.78 is 20.5. The second-order valence-electron chi connectivity index (χ2n) is 6.63. The number of halogens is 1. The van der Waals surface area contributed by atoms with Crippen LogP contribution in [0.2, 0.25) is 0 Å². The SMILES string of the molecule is CC1CCCCC1OC(CNC1CC1)c1ccccc1F. The Labute approximate surface area is 127 Å².